The third-order valence-corrected chi connectivity index (χ3v) is 5.19. The fraction of sp³-hybridized carbons (Fsp3) is 0.182. The number of rotatable bonds is 6. The molecule has 158 valence electrons. The normalized spacial score (nSPS) is 13.0. The predicted octanol–water partition coefficient (Wildman–Crippen LogP) is 3.34. The van der Waals surface area contributed by atoms with Gasteiger partial charge in [0.05, 0.1) is 11.9 Å². The first-order chi connectivity index (χ1) is 14.9. The topological polar surface area (TPSA) is 110 Å². The standard InChI is InChI=1S/C22H19ClFN5O2/c23-16-5-2-6-17(24)15(16)10-27-21(30)13-4-1-3-12(9-13)18-11-26-20(25)19(29-18)22(31)28-14-7-8-14/h1-6,9,11,14H,7-8,10H2,(H2,25,26)(H,27,30)(H,28,31). The molecule has 9 heteroatoms. The van der Waals surface area contributed by atoms with Gasteiger partial charge in [-0.3, -0.25) is 9.59 Å². The molecule has 0 radical (unpaired) electrons. The van der Waals surface area contributed by atoms with Crippen LogP contribution in [0.2, 0.25) is 5.02 Å². The number of carbonyl (C=O) groups excluding carboxylic acids is 2. The fourth-order valence-corrected chi connectivity index (χ4v) is 3.21. The molecule has 0 bridgehead atoms. The smallest absolute Gasteiger partial charge is 0.273 e. The fourth-order valence-electron chi connectivity index (χ4n) is 2.98. The van der Waals surface area contributed by atoms with Crippen molar-refractivity contribution in [1.29, 1.82) is 0 Å². The summed E-state index contributed by atoms with van der Waals surface area (Å²) in [6.45, 7) is -0.0538. The number of nitrogens with two attached hydrogens (primary N) is 1. The van der Waals surface area contributed by atoms with E-state index in [9.17, 15) is 14.0 Å². The van der Waals surface area contributed by atoms with Crippen LogP contribution in [0.15, 0.2) is 48.7 Å². The van der Waals surface area contributed by atoms with E-state index in [1.165, 1.54) is 18.3 Å². The molecule has 1 fully saturated rings. The average molecular weight is 440 g/mol. The lowest BCUT2D eigenvalue weighted by atomic mass is 10.1. The summed E-state index contributed by atoms with van der Waals surface area (Å²) in [6, 6.07) is 11.2. The van der Waals surface area contributed by atoms with Crippen molar-refractivity contribution in [3.05, 3.63) is 76.3 Å². The van der Waals surface area contributed by atoms with E-state index in [0.29, 0.717) is 16.8 Å². The Kier molecular flexibility index (Phi) is 5.81. The van der Waals surface area contributed by atoms with Gasteiger partial charge in [0.25, 0.3) is 11.8 Å². The zero-order valence-corrected chi connectivity index (χ0v) is 17.1. The molecular formula is C22H19ClFN5O2. The van der Waals surface area contributed by atoms with E-state index in [2.05, 4.69) is 20.6 Å². The number of amides is 2. The Bertz CT molecular complexity index is 1150. The van der Waals surface area contributed by atoms with Gasteiger partial charge < -0.3 is 16.4 Å². The molecule has 3 aromatic rings. The maximum atomic E-state index is 13.9. The van der Waals surface area contributed by atoms with E-state index in [1.807, 2.05) is 0 Å². The van der Waals surface area contributed by atoms with Crippen molar-refractivity contribution in [1.82, 2.24) is 20.6 Å². The van der Waals surface area contributed by atoms with Crippen LogP contribution in [0.5, 0.6) is 0 Å². The molecule has 0 unspecified atom stereocenters. The predicted molar refractivity (Wildman–Crippen MR) is 115 cm³/mol. The SMILES string of the molecule is Nc1ncc(-c2cccc(C(=O)NCc3c(F)cccc3Cl)c2)nc1C(=O)NC1CC1. The lowest BCUT2D eigenvalue weighted by Gasteiger charge is -2.10. The van der Waals surface area contributed by atoms with Crippen LogP contribution in [0.25, 0.3) is 11.3 Å². The summed E-state index contributed by atoms with van der Waals surface area (Å²) in [7, 11) is 0. The highest BCUT2D eigenvalue weighted by atomic mass is 35.5. The molecule has 1 aliphatic carbocycles. The summed E-state index contributed by atoms with van der Waals surface area (Å²) in [4.78, 5) is 33.3. The largest absolute Gasteiger partial charge is 0.382 e. The number of benzene rings is 2. The van der Waals surface area contributed by atoms with Crippen molar-refractivity contribution >= 4 is 29.2 Å². The lowest BCUT2D eigenvalue weighted by Crippen LogP contribution is -2.27. The van der Waals surface area contributed by atoms with Gasteiger partial charge in [-0.2, -0.15) is 0 Å². The Morgan fingerprint density at radius 1 is 1.16 bits per heavy atom. The minimum Gasteiger partial charge on any atom is -0.382 e. The van der Waals surface area contributed by atoms with Crippen LogP contribution in [-0.4, -0.2) is 27.8 Å². The molecule has 1 aromatic heterocycles. The second kappa shape index (κ2) is 8.69. The summed E-state index contributed by atoms with van der Waals surface area (Å²) in [5.74, 6) is -1.23. The zero-order valence-electron chi connectivity index (χ0n) is 16.4. The van der Waals surface area contributed by atoms with Crippen molar-refractivity contribution in [2.75, 3.05) is 5.73 Å². The minimum atomic E-state index is -0.490. The van der Waals surface area contributed by atoms with Crippen LogP contribution in [0.1, 0.15) is 39.3 Å². The van der Waals surface area contributed by atoms with Gasteiger partial charge in [0, 0.05) is 34.3 Å². The van der Waals surface area contributed by atoms with E-state index in [0.717, 1.165) is 12.8 Å². The minimum absolute atomic E-state index is 0.0394. The molecule has 4 N–H and O–H groups in total. The molecule has 2 aromatic carbocycles. The van der Waals surface area contributed by atoms with Gasteiger partial charge >= 0.3 is 0 Å². The Labute approximate surface area is 182 Å². The van der Waals surface area contributed by atoms with Gasteiger partial charge in [-0.25, -0.2) is 14.4 Å². The third-order valence-electron chi connectivity index (χ3n) is 4.84. The van der Waals surface area contributed by atoms with E-state index < -0.39 is 11.7 Å². The monoisotopic (exact) mass is 439 g/mol. The van der Waals surface area contributed by atoms with Crippen LogP contribution >= 0.6 is 11.6 Å². The molecule has 4 rings (SSSR count). The maximum Gasteiger partial charge on any atom is 0.273 e. The highest BCUT2D eigenvalue weighted by molar-refractivity contribution is 6.31. The summed E-state index contributed by atoms with van der Waals surface area (Å²) in [5.41, 5.74) is 7.42. The van der Waals surface area contributed by atoms with Gasteiger partial charge in [-0.05, 0) is 37.1 Å². The summed E-state index contributed by atoms with van der Waals surface area (Å²) < 4.78 is 13.9. The molecule has 0 aliphatic heterocycles. The molecule has 2 amide bonds. The number of carbonyl (C=O) groups is 2. The van der Waals surface area contributed by atoms with Gasteiger partial charge in [0.1, 0.15) is 5.82 Å². The first-order valence-electron chi connectivity index (χ1n) is 9.67. The first-order valence-corrected chi connectivity index (χ1v) is 10.0. The van der Waals surface area contributed by atoms with E-state index >= 15 is 0 Å². The van der Waals surface area contributed by atoms with Crippen LogP contribution in [0, 0.1) is 5.82 Å². The van der Waals surface area contributed by atoms with E-state index in [-0.39, 0.29) is 40.6 Å². The van der Waals surface area contributed by atoms with Crippen LogP contribution in [0.4, 0.5) is 10.2 Å². The second-order valence-corrected chi connectivity index (χ2v) is 7.61. The lowest BCUT2D eigenvalue weighted by molar-refractivity contribution is 0.0940. The van der Waals surface area contributed by atoms with Gasteiger partial charge in [-0.1, -0.05) is 29.8 Å². The summed E-state index contributed by atoms with van der Waals surface area (Å²) in [5, 5.41) is 5.73. The summed E-state index contributed by atoms with van der Waals surface area (Å²) in [6.07, 6.45) is 3.32. The molecular weight excluding hydrogens is 421 g/mol. The molecule has 1 saturated carbocycles. The van der Waals surface area contributed by atoms with Crippen LogP contribution < -0.4 is 16.4 Å². The van der Waals surface area contributed by atoms with Crippen LogP contribution in [0.3, 0.4) is 0 Å². The molecule has 7 nitrogen and oxygen atoms in total. The Hall–Kier alpha value is -3.52. The zero-order chi connectivity index (χ0) is 22.0. The quantitative estimate of drug-likeness (QED) is 0.545. The third kappa shape index (κ3) is 4.80. The summed E-state index contributed by atoms with van der Waals surface area (Å²) >= 11 is 6.00. The van der Waals surface area contributed by atoms with E-state index in [4.69, 9.17) is 17.3 Å². The van der Waals surface area contributed by atoms with Crippen LogP contribution in [-0.2, 0) is 6.54 Å². The van der Waals surface area contributed by atoms with Gasteiger partial charge in [0.15, 0.2) is 11.5 Å². The number of nitrogens with zero attached hydrogens (tertiary/aromatic N) is 2. The van der Waals surface area contributed by atoms with Crippen molar-refractivity contribution in [2.24, 2.45) is 0 Å². The maximum absolute atomic E-state index is 13.9. The molecule has 0 atom stereocenters. The van der Waals surface area contributed by atoms with Crippen molar-refractivity contribution in [3.8, 4) is 11.3 Å². The van der Waals surface area contributed by atoms with E-state index in [1.54, 1.807) is 30.3 Å². The molecule has 0 saturated heterocycles. The number of hydrogen-bond acceptors (Lipinski definition) is 5. The Morgan fingerprint density at radius 3 is 2.68 bits per heavy atom. The number of anilines is 1. The molecule has 31 heavy (non-hydrogen) atoms. The number of aromatic nitrogens is 2. The highest BCUT2D eigenvalue weighted by Gasteiger charge is 2.26. The number of nitrogen functional groups attached to an aromatic ring is 1. The molecule has 1 heterocycles. The van der Waals surface area contributed by atoms with Gasteiger partial charge in [-0.15, -0.1) is 0 Å². The van der Waals surface area contributed by atoms with Crippen molar-refractivity contribution in [3.63, 3.8) is 0 Å². The first kappa shape index (κ1) is 20.7. The van der Waals surface area contributed by atoms with Crippen molar-refractivity contribution in [2.45, 2.75) is 25.4 Å². The Balaban J connectivity index is 1.52. The van der Waals surface area contributed by atoms with Crippen molar-refractivity contribution < 1.29 is 14.0 Å². The second-order valence-electron chi connectivity index (χ2n) is 7.20. The number of hydrogen-bond donors (Lipinski definition) is 3. The van der Waals surface area contributed by atoms with Gasteiger partial charge in [0.2, 0.25) is 0 Å². The average Bonchev–Trinajstić information content (AvgIpc) is 3.57. The molecule has 1 aliphatic rings. The number of halogens is 2. The highest BCUT2D eigenvalue weighted by Crippen LogP contribution is 2.23. The number of nitrogens with one attached hydrogen (secondary N) is 2. The Morgan fingerprint density at radius 2 is 1.94 bits per heavy atom. The molecule has 0 spiro atoms.